The Morgan fingerprint density at radius 2 is 1.85 bits per heavy atom. The van der Waals surface area contributed by atoms with Gasteiger partial charge in [-0.25, -0.2) is 4.79 Å². The van der Waals surface area contributed by atoms with Crippen LogP contribution in [-0.4, -0.2) is 74.2 Å². The zero-order valence-corrected chi connectivity index (χ0v) is 21.4. The van der Waals surface area contributed by atoms with Gasteiger partial charge in [0.2, 0.25) is 0 Å². The molecule has 2 saturated heterocycles. The maximum Gasteiger partial charge on any atom is 0.338 e. The first-order valence-corrected chi connectivity index (χ1v) is 11.3. The number of nitrogens with zero attached hydrogens (tertiary/aromatic N) is 3. The topological polar surface area (TPSA) is 66.4 Å². The van der Waals surface area contributed by atoms with E-state index < -0.39 is 0 Å². The molecule has 0 radical (unpaired) electrons. The summed E-state index contributed by atoms with van der Waals surface area (Å²) in [5.41, 5.74) is 2.55. The highest BCUT2D eigenvalue weighted by atomic mass is 127. The maximum atomic E-state index is 12.5. The van der Waals surface area contributed by atoms with E-state index in [2.05, 4.69) is 20.1 Å². The monoisotopic (exact) mass is 564 g/mol. The number of esters is 1. The third-order valence-electron chi connectivity index (χ3n) is 6.06. The molecule has 0 amide bonds. The zero-order chi connectivity index (χ0) is 22.2. The Kier molecular flexibility index (Phi) is 9.95. The van der Waals surface area contributed by atoms with Crippen LogP contribution in [0.5, 0.6) is 0 Å². The Morgan fingerprint density at radius 3 is 2.61 bits per heavy atom. The van der Waals surface area contributed by atoms with Crippen LogP contribution in [0.2, 0.25) is 0 Å². The molecule has 2 aliphatic rings. The van der Waals surface area contributed by atoms with Crippen LogP contribution >= 0.6 is 24.0 Å². The number of aliphatic imine (C=N–C) groups is 1. The van der Waals surface area contributed by atoms with Crippen molar-refractivity contribution in [1.82, 2.24) is 15.1 Å². The van der Waals surface area contributed by atoms with Gasteiger partial charge >= 0.3 is 5.97 Å². The molecular formula is C25H33IN4O3. The third-order valence-corrected chi connectivity index (χ3v) is 6.06. The van der Waals surface area contributed by atoms with Gasteiger partial charge in [0, 0.05) is 45.8 Å². The molecule has 0 aliphatic carbocycles. The van der Waals surface area contributed by atoms with Gasteiger partial charge in [-0.3, -0.25) is 9.89 Å². The number of benzene rings is 2. The molecule has 178 valence electrons. The number of hydrogen-bond acceptors (Lipinski definition) is 5. The van der Waals surface area contributed by atoms with Gasteiger partial charge in [-0.1, -0.05) is 42.5 Å². The van der Waals surface area contributed by atoms with E-state index in [1.54, 1.807) is 6.07 Å². The second-order valence-electron chi connectivity index (χ2n) is 8.20. The molecule has 2 aromatic carbocycles. The van der Waals surface area contributed by atoms with Gasteiger partial charge in [0.05, 0.1) is 18.8 Å². The molecule has 2 fully saturated rings. The fourth-order valence-corrected chi connectivity index (χ4v) is 4.30. The summed E-state index contributed by atoms with van der Waals surface area (Å²) < 4.78 is 10.9. The number of guanidine groups is 1. The molecule has 1 atom stereocenters. The van der Waals surface area contributed by atoms with E-state index in [0.29, 0.717) is 18.2 Å². The first kappa shape index (κ1) is 25.5. The van der Waals surface area contributed by atoms with Crippen molar-refractivity contribution in [3.63, 3.8) is 0 Å². The molecule has 0 aromatic heterocycles. The van der Waals surface area contributed by atoms with Crippen molar-refractivity contribution in [1.29, 1.82) is 0 Å². The number of rotatable bonds is 6. The lowest BCUT2D eigenvalue weighted by Crippen LogP contribution is -2.46. The van der Waals surface area contributed by atoms with Crippen LogP contribution < -0.4 is 5.32 Å². The fraction of sp³-hybridized carbons (Fsp3) is 0.440. The molecule has 0 saturated carbocycles. The lowest BCUT2D eigenvalue weighted by Gasteiger charge is -2.32. The van der Waals surface area contributed by atoms with Gasteiger partial charge in [-0.15, -0.1) is 24.0 Å². The number of ether oxygens (including phenoxy) is 2. The van der Waals surface area contributed by atoms with E-state index in [4.69, 9.17) is 9.47 Å². The first-order valence-electron chi connectivity index (χ1n) is 11.3. The van der Waals surface area contributed by atoms with Gasteiger partial charge in [0.25, 0.3) is 0 Å². The Balaban J connectivity index is 0.00000306. The highest BCUT2D eigenvalue weighted by Gasteiger charge is 2.30. The number of halogens is 1. The smallest absolute Gasteiger partial charge is 0.338 e. The van der Waals surface area contributed by atoms with Crippen molar-refractivity contribution < 1.29 is 14.3 Å². The highest BCUT2D eigenvalue weighted by molar-refractivity contribution is 14.0. The molecule has 2 aromatic rings. The van der Waals surface area contributed by atoms with Crippen LogP contribution in [-0.2, 0) is 22.6 Å². The van der Waals surface area contributed by atoms with Gasteiger partial charge in [0.15, 0.2) is 5.96 Å². The molecule has 2 heterocycles. The quantitative estimate of drug-likeness (QED) is 0.252. The summed E-state index contributed by atoms with van der Waals surface area (Å²) in [6.07, 6.45) is 1.14. The van der Waals surface area contributed by atoms with Crippen molar-refractivity contribution in [2.24, 2.45) is 4.99 Å². The van der Waals surface area contributed by atoms with Crippen LogP contribution in [0.4, 0.5) is 0 Å². The molecule has 8 heteroatoms. The van der Waals surface area contributed by atoms with Crippen molar-refractivity contribution in [2.75, 3.05) is 46.4 Å². The van der Waals surface area contributed by atoms with Crippen molar-refractivity contribution >= 4 is 35.9 Å². The summed E-state index contributed by atoms with van der Waals surface area (Å²) in [5, 5.41) is 3.46. The summed E-state index contributed by atoms with van der Waals surface area (Å²) in [6.45, 7) is 6.52. The largest absolute Gasteiger partial charge is 0.457 e. The van der Waals surface area contributed by atoms with E-state index in [-0.39, 0.29) is 36.6 Å². The molecule has 7 nitrogen and oxygen atoms in total. The SMILES string of the molecule is CN=C(NCc1cccc(C(=O)OCc2ccccc2)c1)N1CCC(N2CCOCC2)C1.I. The Morgan fingerprint density at radius 1 is 1.09 bits per heavy atom. The molecule has 2 aliphatic heterocycles. The lowest BCUT2D eigenvalue weighted by molar-refractivity contribution is 0.0195. The van der Waals surface area contributed by atoms with Crippen LogP contribution in [0.15, 0.2) is 59.6 Å². The van der Waals surface area contributed by atoms with Crippen molar-refractivity contribution in [2.45, 2.75) is 25.6 Å². The average Bonchev–Trinajstić information content (AvgIpc) is 3.34. The number of likely N-dealkylation sites (tertiary alicyclic amines) is 1. The highest BCUT2D eigenvalue weighted by Crippen LogP contribution is 2.17. The van der Waals surface area contributed by atoms with Crippen LogP contribution in [0.25, 0.3) is 0 Å². The van der Waals surface area contributed by atoms with Crippen LogP contribution in [0.3, 0.4) is 0 Å². The predicted octanol–water partition coefficient (Wildman–Crippen LogP) is 3.14. The number of carbonyl (C=O) groups excluding carboxylic acids is 1. The number of hydrogen-bond donors (Lipinski definition) is 1. The fourth-order valence-electron chi connectivity index (χ4n) is 4.30. The van der Waals surface area contributed by atoms with E-state index in [0.717, 1.165) is 62.9 Å². The maximum absolute atomic E-state index is 12.5. The van der Waals surface area contributed by atoms with E-state index in [1.807, 2.05) is 55.6 Å². The summed E-state index contributed by atoms with van der Waals surface area (Å²) in [6, 6.07) is 17.8. The molecule has 33 heavy (non-hydrogen) atoms. The Labute approximate surface area is 213 Å². The van der Waals surface area contributed by atoms with Gasteiger partial charge in [0.1, 0.15) is 6.61 Å². The summed E-state index contributed by atoms with van der Waals surface area (Å²) >= 11 is 0. The molecule has 0 spiro atoms. The van der Waals surface area contributed by atoms with E-state index in [9.17, 15) is 4.79 Å². The lowest BCUT2D eigenvalue weighted by atomic mass is 10.1. The van der Waals surface area contributed by atoms with Gasteiger partial charge in [-0.05, 0) is 29.7 Å². The summed E-state index contributed by atoms with van der Waals surface area (Å²) in [5.74, 6) is 0.589. The minimum absolute atomic E-state index is 0. The summed E-state index contributed by atoms with van der Waals surface area (Å²) in [7, 11) is 1.82. The Hall–Kier alpha value is -2.17. The number of morpholine rings is 1. The average molecular weight is 564 g/mol. The molecule has 1 unspecified atom stereocenters. The molecule has 1 N–H and O–H groups in total. The second-order valence-corrected chi connectivity index (χ2v) is 8.20. The van der Waals surface area contributed by atoms with Crippen molar-refractivity contribution in [3.05, 3.63) is 71.3 Å². The molecule has 0 bridgehead atoms. The van der Waals surface area contributed by atoms with Crippen LogP contribution in [0, 0.1) is 0 Å². The number of carbonyl (C=O) groups is 1. The predicted molar refractivity (Wildman–Crippen MR) is 140 cm³/mol. The first-order chi connectivity index (χ1) is 15.7. The zero-order valence-electron chi connectivity index (χ0n) is 19.1. The normalized spacial score (nSPS) is 19.1. The Bertz CT molecular complexity index is 919. The van der Waals surface area contributed by atoms with Crippen LogP contribution in [0.1, 0.15) is 27.9 Å². The van der Waals surface area contributed by atoms with Gasteiger partial charge < -0.3 is 19.7 Å². The second kappa shape index (κ2) is 12.9. The number of nitrogens with one attached hydrogen (secondary N) is 1. The van der Waals surface area contributed by atoms with Gasteiger partial charge in [-0.2, -0.15) is 0 Å². The van der Waals surface area contributed by atoms with E-state index >= 15 is 0 Å². The molecular weight excluding hydrogens is 531 g/mol. The minimum Gasteiger partial charge on any atom is -0.457 e. The minimum atomic E-state index is -0.312. The third kappa shape index (κ3) is 7.15. The standard InChI is InChI=1S/C25H32N4O3.HI/c1-26-25(29-11-10-23(18-29)28-12-14-31-15-13-28)27-17-21-8-5-9-22(16-21)24(30)32-19-20-6-3-2-4-7-20;/h2-9,16,23H,10-15,17-19H2,1H3,(H,26,27);1H. The van der Waals surface area contributed by atoms with Crippen molar-refractivity contribution in [3.8, 4) is 0 Å². The molecule has 4 rings (SSSR count). The van der Waals surface area contributed by atoms with E-state index in [1.165, 1.54) is 0 Å². The summed E-state index contributed by atoms with van der Waals surface area (Å²) in [4.78, 5) is 21.8.